The van der Waals surface area contributed by atoms with Gasteiger partial charge in [0.25, 0.3) is 0 Å². The number of carboxylic acids is 1. The predicted octanol–water partition coefficient (Wildman–Crippen LogP) is 0.887. The molecule has 0 saturated heterocycles. The quantitative estimate of drug-likeness (QED) is 0.753. The fraction of sp³-hybridized carbons (Fsp3) is 0.417. The van der Waals surface area contributed by atoms with Gasteiger partial charge in [-0.2, -0.15) is 0 Å². The summed E-state index contributed by atoms with van der Waals surface area (Å²) in [6.45, 7) is 0.257. The maximum absolute atomic E-state index is 10.4. The van der Waals surface area contributed by atoms with E-state index < -0.39 is 5.97 Å². The SMILES string of the molecule is COc1ccc(CNCC(=O)O)c(OC)c1OC. The van der Waals surface area contributed by atoms with Gasteiger partial charge in [-0.05, 0) is 6.07 Å². The Labute approximate surface area is 105 Å². The molecule has 0 aliphatic rings. The summed E-state index contributed by atoms with van der Waals surface area (Å²) in [5.41, 5.74) is 0.802. The normalized spacial score (nSPS) is 9.94. The zero-order valence-electron chi connectivity index (χ0n) is 10.6. The lowest BCUT2D eigenvalue weighted by atomic mass is 10.1. The van der Waals surface area contributed by atoms with E-state index in [9.17, 15) is 4.79 Å². The first-order chi connectivity index (χ1) is 8.63. The molecule has 18 heavy (non-hydrogen) atoms. The number of carbonyl (C=O) groups is 1. The summed E-state index contributed by atoms with van der Waals surface area (Å²) in [4.78, 5) is 10.4. The van der Waals surface area contributed by atoms with Gasteiger partial charge in [-0.1, -0.05) is 6.07 Å². The molecule has 0 amide bonds. The Morgan fingerprint density at radius 2 is 1.83 bits per heavy atom. The summed E-state index contributed by atoms with van der Waals surface area (Å²) < 4.78 is 15.7. The van der Waals surface area contributed by atoms with Crippen molar-refractivity contribution in [3.05, 3.63) is 17.7 Å². The smallest absolute Gasteiger partial charge is 0.317 e. The third kappa shape index (κ3) is 3.27. The largest absolute Gasteiger partial charge is 0.493 e. The summed E-state index contributed by atoms with van der Waals surface area (Å²) in [7, 11) is 4.59. The molecular formula is C12H17NO5. The van der Waals surface area contributed by atoms with Crippen LogP contribution in [0.4, 0.5) is 0 Å². The van der Waals surface area contributed by atoms with Crippen LogP contribution in [0.25, 0.3) is 0 Å². The highest BCUT2D eigenvalue weighted by molar-refractivity contribution is 5.69. The average molecular weight is 255 g/mol. The van der Waals surface area contributed by atoms with Gasteiger partial charge >= 0.3 is 5.97 Å². The summed E-state index contributed by atoms with van der Waals surface area (Å²) >= 11 is 0. The Morgan fingerprint density at radius 1 is 1.17 bits per heavy atom. The van der Waals surface area contributed by atoms with Crippen LogP contribution >= 0.6 is 0 Å². The van der Waals surface area contributed by atoms with Gasteiger partial charge in [0.2, 0.25) is 5.75 Å². The number of hydrogen-bond donors (Lipinski definition) is 2. The molecular weight excluding hydrogens is 238 g/mol. The van der Waals surface area contributed by atoms with Gasteiger partial charge in [-0.15, -0.1) is 0 Å². The molecule has 0 unspecified atom stereocenters. The Morgan fingerprint density at radius 3 is 2.33 bits per heavy atom. The van der Waals surface area contributed by atoms with E-state index in [1.165, 1.54) is 14.2 Å². The fourth-order valence-corrected chi connectivity index (χ4v) is 1.61. The first kappa shape index (κ1) is 14.1. The third-order valence-corrected chi connectivity index (χ3v) is 2.38. The van der Waals surface area contributed by atoms with Crippen molar-refractivity contribution in [2.24, 2.45) is 0 Å². The first-order valence-corrected chi connectivity index (χ1v) is 5.34. The molecule has 0 bridgehead atoms. The van der Waals surface area contributed by atoms with Crippen molar-refractivity contribution < 1.29 is 24.1 Å². The minimum Gasteiger partial charge on any atom is -0.493 e. The van der Waals surface area contributed by atoms with E-state index >= 15 is 0 Å². The molecule has 1 rings (SSSR count). The highest BCUT2D eigenvalue weighted by atomic mass is 16.5. The molecule has 0 spiro atoms. The number of aliphatic carboxylic acids is 1. The molecule has 0 fully saturated rings. The first-order valence-electron chi connectivity index (χ1n) is 5.34. The van der Waals surface area contributed by atoms with Gasteiger partial charge in [0.1, 0.15) is 0 Å². The molecule has 6 heteroatoms. The van der Waals surface area contributed by atoms with E-state index in [-0.39, 0.29) is 6.54 Å². The van der Waals surface area contributed by atoms with E-state index in [2.05, 4.69) is 5.32 Å². The molecule has 0 atom stereocenters. The second-order valence-electron chi connectivity index (χ2n) is 3.49. The van der Waals surface area contributed by atoms with E-state index in [1.807, 2.05) is 0 Å². The van der Waals surface area contributed by atoms with Gasteiger partial charge in [0.15, 0.2) is 11.5 Å². The second kappa shape index (κ2) is 6.70. The van der Waals surface area contributed by atoms with Gasteiger partial charge in [-0.3, -0.25) is 4.79 Å². The van der Waals surface area contributed by atoms with Crippen molar-refractivity contribution in [1.82, 2.24) is 5.32 Å². The van der Waals surface area contributed by atoms with Crippen LogP contribution in [0.5, 0.6) is 17.2 Å². The molecule has 1 aromatic rings. The van der Waals surface area contributed by atoms with Crippen molar-refractivity contribution >= 4 is 5.97 Å². The Kier molecular flexibility index (Phi) is 5.26. The standard InChI is InChI=1S/C12H17NO5/c1-16-9-5-4-8(6-13-7-10(14)15)11(17-2)12(9)18-3/h4-5,13H,6-7H2,1-3H3,(H,14,15). The number of hydrogen-bond acceptors (Lipinski definition) is 5. The fourth-order valence-electron chi connectivity index (χ4n) is 1.61. The lowest BCUT2D eigenvalue weighted by molar-refractivity contribution is -0.136. The molecule has 0 aromatic heterocycles. The Bertz CT molecular complexity index is 419. The number of carboxylic acid groups (broad SMARTS) is 1. The van der Waals surface area contributed by atoms with Crippen molar-refractivity contribution in [1.29, 1.82) is 0 Å². The minimum absolute atomic E-state index is 0.114. The van der Waals surface area contributed by atoms with Crippen LogP contribution < -0.4 is 19.5 Å². The third-order valence-electron chi connectivity index (χ3n) is 2.38. The van der Waals surface area contributed by atoms with Gasteiger partial charge in [0, 0.05) is 12.1 Å². The monoisotopic (exact) mass is 255 g/mol. The number of nitrogens with one attached hydrogen (secondary N) is 1. The van der Waals surface area contributed by atoms with Crippen LogP contribution in [0, 0.1) is 0 Å². The number of rotatable bonds is 7. The van der Waals surface area contributed by atoms with E-state index in [0.29, 0.717) is 23.8 Å². The maximum Gasteiger partial charge on any atom is 0.317 e. The highest BCUT2D eigenvalue weighted by Crippen LogP contribution is 2.39. The molecule has 2 N–H and O–H groups in total. The van der Waals surface area contributed by atoms with E-state index in [4.69, 9.17) is 19.3 Å². The van der Waals surface area contributed by atoms with Gasteiger partial charge in [-0.25, -0.2) is 0 Å². The van der Waals surface area contributed by atoms with Crippen LogP contribution in [0.15, 0.2) is 12.1 Å². The summed E-state index contributed by atoms with van der Waals surface area (Å²) in [6.07, 6.45) is 0. The van der Waals surface area contributed by atoms with Gasteiger partial charge < -0.3 is 24.6 Å². The Hall–Kier alpha value is -1.95. The topological polar surface area (TPSA) is 77.0 Å². The molecule has 0 aliphatic heterocycles. The summed E-state index contributed by atoms with van der Waals surface area (Å²) in [6, 6.07) is 3.55. The van der Waals surface area contributed by atoms with E-state index in [1.54, 1.807) is 19.2 Å². The van der Waals surface area contributed by atoms with Crippen molar-refractivity contribution in [3.63, 3.8) is 0 Å². The van der Waals surface area contributed by atoms with Crippen LogP contribution in [-0.4, -0.2) is 38.9 Å². The Balaban J connectivity index is 2.94. The molecule has 6 nitrogen and oxygen atoms in total. The zero-order valence-corrected chi connectivity index (χ0v) is 10.6. The molecule has 1 aromatic carbocycles. The molecule has 0 heterocycles. The van der Waals surface area contributed by atoms with Crippen LogP contribution in [-0.2, 0) is 11.3 Å². The lowest BCUT2D eigenvalue weighted by Gasteiger charge is -2.15. The summed E-state index contributed by atoms with van der Waals surface area (Å²) in [5.74, 6) is 0.690. The maximum atomic E-state index is 10.4. The number of ether oxygens (including phenoxy) is 3. The summed E-state index contributed by atoms with van der Waals surface area (Å²) in [5, 5.41) is 11.4. The van der Waals surface area contributed by atoms with Crippen LogP contribution in [0.3, 0.4) is 0 Å². The second-order valence-corrected chi connectivity index (χ2v) is 3.49. The predicted molar refractivity (Wildman–Crippen MR) is 65.4 cm³/mol. The van der Waals surface area contributed by atoms with E-state index in [0.717, 1.165) is 5.56 Å². The van der Waals surface area contributed by atoms with Crippen LogP contribution in [0.1, 0.15) is 5.56 Å². The molecule has 0 aliphatic carbocycles. The van der Waals surface area contributed by atoms with Crippen molar-refractivity contribution in [3.8, 4) is 17.2 Å². The number of methoxy groups -OCH3 is 3. The van der Waals surface area contributed by atoms with Gasteiger partial charge in [0.05, 0.1) is 27.9 Å². The van der Waals surface area contributed by atoms with Crippen LogP contribution in [0.2, 0.25) is 0 Å². The lowest BCUT2D eigenvalue weighted by Crippen LogP contribution is -2.22. The van der Waals surface area contributed by atoms with Crippen molar-refractivity contribution in [2.75, 3.05) is 27.9 Å². The highest BCUT2D eigenvalue weighted by Gasteiger charge is 2.15. The minimum atomic E-state index is -0.908. The number of benzene rings is 1. The zero-order chi connectivity index (χ0) is 13.5. The molecule has 0 saturated carbocycles. The molecule has 100 valence electrons. The average Bonchev–Trinajstić information content (AvgIpc) is 2.37. The molecule has 0 radical (unpaired) electrons. The van der Waals surface area contributed by atoms with Crippen molar-refractivity contribution in [2.45, 2.75) is 6.54 Å².